The molecule has 4 fully saturated rings. The maximum absolute atomic E-state index is 12.8. The molecule has 7 heteroatoms. The average Bonchev–Trinajstić information content (AvgIpc) is 2.91. The number of carbonyl (C=O) groups excluding carboxylic acids is 1. The molecule has 0 aromatic carbocycles. The number of fused-ring (bicyclic) bond motifs is 7. The first-order chi connectivity index (χ1) is 19.4. The third-order valence-electron chi connectivity index (χ3n) is 14.5. The number of hydrogen-bond acceptors (Lipinski definition) is 7. The van der Waals surface area contributed by atoms with Gasteiger partial charge in [0, 0.05) is 17.3 Å². The van der Waals surface area contributed by atoms with E-state index in [2.05, 4.69) is 40.7 Å². The summed E-state index contributed by atoms with van der Waals surface area (Å²) in [6, 6.07) is 0. The lowest BCUT2D eigenvalue weighted by molar-refractivity contribution is -0.290. The Morgan fingerprint density at radius 1 is 0.929 bits per heavy atom. The molecule has 5 aliphatic rings. The van der Waals surface area contributed by atoms with Crippen LogP contribution in [0, 0.1) is 50.2 Å². The third-order valence-corrected chi connectivity index (χ3v) is 14.5. The van der Waals surface area contributed by atoms with Crippen molar-refractivity contribution in [3.05, 3.63) is 11.6 Å². The van der Waals surface area contributed by atoms with Gasteiger partial charge in [0.25, 0.3) is 0 Å². The molecule has 5 N–H and O–H groups in total. The number of allylic oxidation sites excluding steroid dienone is 1. The zero-order valence-corrected chi connectivity index (χ0v) is 27.3. The second-order valence-electron chi connectivity index (χ2n) is 16.9. The second kappa shape index (κ2) is 10.3. The third kappa shape index (κ3) is 3.98. The van der Waals surface area contributed by atoms with Crippen LogP contribution in [-0.4, -0.2) is 68.6 Å². The van der Waals surface area contributed by atoms with Crippen LogP contribution >= 0.6 is 0 Å². The first kappa shape index (κ1) is 32.4. The van der Waals surface area contributed by atoms with Crippen LogP contribution in [0.25, 0.3) is 0 Å². The van der Waals surface area contributed by atoms with Crippen molar-refractivity contribution in [2.75, 3.05) is 6.61 Å². The van der Waals surface area contributed by atoms with Crippen molar-refractivity contribution in [2.24, 2.45) is 50.2 Å². The molecule has 0 spiro atoms. The van der Waals surface area contributed by atoms with E-state index in [0.717, 1.165) is 44.1 Å². The van der Waals surface area contributed by atoms with Gasteiger partial charge in [0.2, 0.25) is 0 Å². The van der Waals surface area contributed by atoms with Gasteiger partial charge in [0.15, 0.2) is 0 Å². The van der Waals surface area contributed by atoms with Gasteiger partial charge in [-0.2, -0.15) is 0 Å². The average molecular weight is 591 g/mol. The smallest absolute Gasteiger partial charge is 0.306 e. The lowest BCUT2D eigenvalue weighted by Gasteiger charge is -2.73. The number of ether oxygens (including phenoxy) is 1. The fourth-order valence-electron chi connectivity index (χ4n) is 11.7. The van der Waals surface area contributed by atoms with Crippen molar-refractivity contribution in [1.82, 2.24) is 0 Å². The van der Waals surface area contributed by atoms with Gasteiger partial charge in [-0.3, -0.25) is 4.79 Å². The minimum Gasteiger partial charge on any atom is -0.459 e. The van der Waals surface area contributed by atoms with Gasteiger partial charge < -0.3 is 30.3 Å². The van der Waals surface area contributed by atoms with Crippen LogP contribution < -0.4 is 0 Å². The number of hydrogen-bond donors (Lipinski definition) is 5. The number of rotatable bonds is 5. The summed E-state index contributed by atoms with van der Waals surface area (Å²) >= 11 is 0. The Kier molecular flexibility index (Phi) is 7.92. The summed E-state index contributed by atoms with van der Waals surface area (Å²) in [5, 5.41) is 58.4. The Morgan fingerprint density at radius 2 is 1.60 bits per heavy atom. The molecule has 4 saturated carbocycles. The first-order valence-electron chi connectivity index (χ1n) is 16.6. The topological polar surface area (TPSA) is 127 Å². The predicted molar refractivity (Wildman–Crippen MR) is 161 cm³/mol. The second-order valence-corrected chi connectivity index (χ2v) is 16.9. The summed E-state index contributed by atoms with van der Waals surface area (Å²) in [5.74, 6) is -0.156. The molecular formula is C35H58O7. The zero-order chi connectivity index (χ0) is 31.3. The van der Waals surface area contributed by atoms with E-state index in [4.69, 9.17) is 4.74 Å². The van der Waals surface area contributed by atoms with Gasteiger partial charge in [-0.15, -0.1) is 0 Å². The summed E-state index contributed by atoms with van der Waals surface area (Å²) < 4.78 is 5.92. The van der Waals surface area contributed by atoms with Crippen LogP contribution in [0.4, 0.5) is 0 Å². The quantitative estimate of drug-likeness (QED) is 0.231. The molecule has 240 valence electrons. The van der Waals surface area contributed by atoms with Crippen LogP contribution in [-0.2, 0) is 9.53 Å². The summed E-state index contributed by atoms with van der Waals surface area (Å²) in [6.45, 7) is 16.7. The van der Waals surface area contributed by atoms with E-state index in [0.29, 0.717) is 18.8 Å². The Balaban J connectivity index is 1.59. The largest absolute Gasteiger partial charge is 0.459 e. The summed E-state index contributed by atoms with van der Waals surface area (Å²) in [7, 11) is 0. The molecule has 0 heterocycles. The van der Waals surface area contributed by atoms with Crippen molar-refractivity contribution in [2.45, 2.75) is 144 Å². The van der Waals surface area contributed by atoms with E-state index in [-0.39, 0.29) is 46.6 Å². The van der Waals surface area contributed by atoms with Gasteiger partial charge in [0.05, 0.1) is 30.3 Å². The normalized spacial score (nSPS) is 50.8. The van der Waals surface area contributed by atoms with Crippen molar-refractivity contribution < 1.29 is 35.1 Å². The van der Waals surface area contributed by atoms with Gasteiger partial charge in [-0.05, 0) is 78.9 Å². The van der Waals surface area contributed by atoms with E-state index < -0.39 is 47.3 Å². The highest BCUT2D eigenvalue weighted by Gasteiger charge is 2.75. The molecule has 0 amide bonds. The summed E-state index contributed by atoms with van der Waals surface area (Å²) in [4.78, 5) is 12.8. The van der Waals surface area contributed by atoms with E-state index >= 15 is 0 Å². The molecule has 0 unspecified atom stereocenters. The van der Waals surface area contributed by atoms with Crippen LogP contribution in [0.15, 0.2) is 11.6 Å². The van der Waals surface area contributed by atoms with Crippen LogP contribution in [0.3, 0.4) is 0 Å². The van der Waals surface area contributed by atoms with E-state index in [1.165, 1.54) is 0 Å². The molecule has 5 rings (SSSR count). The number of carbonyl (C=O) groups is 1. The zero-order valence-electron chi connectivity index (χ0n) is 27.3. The standard InChI is InChI=1S/C35H58O7/c1-9-10-11-25(38)42-29-28(41)35(19-36)21(18-30(29,2)3)20-12-13-23-32(6)16-15-24(37)31(4,5)22(32)14-17-33(23,7)34(20,8)26(39)27(35)40/h12,21-24,26-29,36-37,39-41H,9-11,13-19H2,1-8H3/t21-,22+,23-,24+,26+,27-,28+,29+,32+,33-,34+,35+/m1/s1. The van der Waals surface area contributed by atoms with Crippen molar-refractivity contribution in [3.8, 4) is 0 Å². The van der Waals surface area contributed by atoms with Crippen LogP contribution in [0.5, 0.6) is 0 Å². The Labute approximate surface area is 253 Å². The molecular weight excluding hydrogens is 532 g/mol. The summed E-state index contributed by atoms with van der Waals surface area (Å²) in [5.41, 5.74) is -2.35. The van der Waals surface area contributed by atoms with Crippen LogP contribution in [0.2, 0.25) is 0 Å². The molecule has 0 saturated heterocycles. The molecule has 7 nitrogen and oxygen atoms in total. The summed E-state index contributed by atoms with van der Waals surface area (Å²) in [6.07, 6.45) is 3.74. The highest BCUT2D eigenvalue weighted by Crippen LogP contribution is 2.75. The van der Waals surface area contributed by atoms with Crippen molar-refractivity contribution >= 4 is 5.97 Å². The molecule has 0 bridgehead atoms. The molecule has 0 aromatic heterocycles. The fraction of sp³-hybridized carbons (Fsp3) is 0.914. The van der Waals surface area contributed by atoms with E-state index in [1.807, 2.05) is 20.8 Å². The predicted octanol–water partition coefficient (Wildman–Crippen LogP) is 4.77. The highest BCUT2D eigenvalue weighted by atomic mass is 16.6. The number of esters is 1. The number of aliphatic hydroxyl groups is 5. The SMILES string of the molecule is CCCCC(=O)O[C@H]1[C@H](O)[C@@]2(CO)[C@H](CC1(C)C)C1=CC[C@@H]3[C@@]4(C)CC[C@H](O)C(C)(C)[C@@H]4CC[C@@]3(C)[C@]1(C)[C@@H](O)[C@H]2O. The van der Waals surface area contributed by atoms with Gasteiger partial charge >= 0.3 is 5.97 Å². The Hall–Kier alpha value is -0.990. The maximum atomic E-state index is 12.8. The molecule has 5 aliphatic carbocycles. The van der Waals surface area contributed by atoms with Gasteiger partial charge in [-0.1, -0.05) is 73.5 Å². The minimum absolute atomic E-state index is 0.0277. The molecule has 42 heavy (non-hydrogen) atoms. The van der Waals surface area contributed by atoms with Gasteiger partial charge in [0.1, 0.15) is 12.2 Å². The number of unbranched alkanes of at least 4 members (excludes halogenated alkanes) is 1. The molecule has 12 atom stereocenters. The number of aliphatic hydroxyl groups excluding tert-OH is 5. The fourth-order valence-corrected chi connectivity index (χ4v) is 11.7. The maximum Gasteiger partial charge on any atom is 0.306 e. The van der Waals surface area contributed by atoms with Gasteiger partial charge in [-0.25, -0.2) is 0 Å². The monoisotopic (exact) mass is 590 g/mol. The van der Waals surface area contributed by atoms with E-state index in [1.54, 1.807) is 0 Å². The van der Waals surface area contributed by atoms with Crippen LogP contribution in [0.1, 0.15) is 113 Å². The lowest BCUT2D eigenvalue weighted by atomic mass is 9.32. The van der Waals surface area contributed by atoms with Crippen molar-refractivity contribution in [3.63, 3.8) is 0 Å². The lowest BCUT2D eigenvalue weighted by Crippen LogP contribution is -2.76. The Morgan fingerprint density at radius 3 is 2.21 bits per heavy atom. The first-order valence-corrected chi connectivity index (χ1v) is 16.6. The Bertz CT molecular complexity index is 1100. The highest BCUT2D eigenvalue weighted by molar-refractivity contribution is 5.69. The van der Waals surface area contributed by atoms with Crippen molar-refractivity contribution in [1.29, 1.82) is 0 Å². The molecule has 0 aliphatic heterocycles. The minimum atomic E-state index is -1.45. The van der Waals surface area contributed by atoms with E-state index in [9.17, 15) is 30.3 Å². The molecule has 0 aromatic rings. The molecule has 0 radical (unpaired) electrons.